The first-order valence-corrected chi connectivity index (χ1v) is 69.9. The molecule has 0 bridgehead atoms. The number of rotatable bonds is 36. The van der Waals surface area contributed by atoms with Gasteiger partial charge in [-0.2, -0.15) is 13.2 Å². The smallest absolute Gasteiger partial charge is 0.420 e. The van der Waals surface area contributed by atoms with Crippen molar-refractivity contribution in [3.63, 3.8) is 0 Å². The molecule has 26 nitrogen and oxygen atoms in total. The van der Waals surface area contributed by atoms with E-state index in [9.17, 15) is 94.7 Å². The molecule has 0 aromatic rings. The molecular weight excluding hydrogens is 1310 g/mol. The average molecular weight is 1350 g/mol. The Bertz CT molecular complexity index is 1330. The van der Waals surface area contributed by atoms with E-state index in [1.54, 1.807) is 19.6 Å². The van der Waals surface area contributed by atoms with Gasteiger partial charge in [-0.05, 0) is 45.3 Å². The van der Waals surface area contributed by atoms with Crippen LogP contribution in [0.1, 0.15) is 6.42 Å². The minimum absolute atomic E-state index is 0.769. The van der Waals surface area contributed by atoms with Crippen LogP contribution in [-0.4, -0.2) is 312 Å². The van der Waals surface area contributed by atoms with Gasteiger partial charge >= 0.3 is 87.6 Å². The fourth-order valence-electron chi connectivity index (χ4n) is 5.77. The molecule has 64 heavy (non-hydrogen) atoms. The molecule has 0 saturated carbocycles. The molecule has 0 spiro atoms. The molecule has 0 aliphatic rings. The van der Waals surface area contributed by atoms with E-state index < -0.39 is 243 Å². The van der Waals surface area contributed by atoms with Crippen molar-refractivity contribution in [3.05, 3.63) is 0 Å². The van der Waals surface area contributed by atoms with E-state index in [2.05, 4.69) is 0 Å². The molecule has 0 aromatic carbocycles. The van der Waals surface area contributed by atoms with Gasteiger partial charge in [0, 0.05) is 6.42 Å². The zero-order valence-corrected chi connectivity index (χ0v) is 59.3. The van der Waals surface area contributed by atoms with E-state index in [0.29, 0.717) is 0 Å². The topological polar surface area (TPSA) is 427 Å². The van der Waals surface area contributed by atoms with E-state index in [-0.39, 0.29) is 0 Å². The van der Waals surface area contributed by atoms with Gasteiger partial charge in [-0.25, -0.2) is 0 Å². The minimum Gasteiger partial charge on any atom is -0.437 e. The lowest BCUT2D eigenvalue weighted by Gasteiger charge is -2.66. The molecule has 0 aromatic heterocycles. The Balaban J connectivity index is 11.2. The van der Waals surface area contributed by atoms with E-state index in [1.165, 1.54) is 13.1 Å². The van der Waals surface area contributed by atoms with Crippen LogP contribution in [0.3, 0.4) is 0 Å². The monoisotopic (exact) mass is 1350 g/mol. The first-order valence-electron chi connectivity index (χ1n) is 16.2. The van der Waals surface area contributed by atoms with Crippen molar-refractivity contribution in [2.75, 3.05) is 0 Å². The summed E-state index contributed by atoms with van der Waals surface area (Å²) >= 11 is 0. The zero-order chi connectivity index (χ0) is 50.4. The Labute approximate surface area is 410 Å². The van der Waals surface area contributed by atoms with Gasteiger partial charge in [-0.3, -0.25) is 0 Å². The molecule has 0 aliphatic carbocycles. The molecule has 0 amide bonds. The molecule has 0 aliphatic heterocycles. The molecule has 4 unspecified atom stereocenters. The Morgan fingerprint density at radius 1 is 0.453 bits per heavy atom. The van der Waals surface area contributed by atoms with Crippen LogP contribution >= 0.6 is 0 Å². The maximum absolute atomic E-state index is 14.0. The fraction of sp³-hybridized carbons (Fsp3) is 1.00. The van der Waals surface area contributed by atoms with Crippen LogP contribution in [0.5, 0.6) is 0 Å². The number of halogens is 3. The Morgan fingerprint density at radius 3 is 1.17 bits per heavy atom. The SMILES string of the molecule is C[Si](C)(C)O[Si](C)(C)O[Si](O[Si](O[Si]O)([Si]O)[Si]O)([Si](O[Si]O)([Si]O)[Si](O)([Si]O)[Si]O)[Si](O[Si](O[Si]O)([Si]O)[Si](C)(O)CCC(F)(F)F)([Si](O[Si]O)([Si]O)[Si]O)[Si](O[Si]O)([Si]O)[Si]O. The van der Waals surface area contributed by atoms with Gasteiger partial charge < -0.3 is 119 Å². The van der Waals surface area contributed by atoms with Gasteiger partial charge in [0.05, 0.1) is 0 Å². The highest BCUT2D eigenvalue weighted by Crippen LogP contribution is 2.49. The van der Waals surface area contributed by atoms with Crippen molar-refractivity contribution in [2.24, 2.45) is 0 Å². The molecule has 55 heteroatoms. The summed E-state index contributed by atoms with van der Waals surface area (Å²) in [5.41, 5.74) is 0. The van der Waals surface area contributed by atoms with Crippen LogP contribution in [0.15, 0.2) is 0 Å². The molecule has 0 rings (SSSR count). The standard InChI is InChI=1S/C9H39F3O26Si26/c1-54(2,3)35-55(4,5)36-60(37-58(46-20,47-21)30-39-13,63(53-27,34-43-17)57(29,44-18)45-19)64(61(49-23,50-24)32-41-15,62(51-25,52-26)33-42-16)38-59(48-22,31-40-14)56(6,28)8-7-9(10,11)12/h13-29H,7-8H2,1-6H3. The summed E-state index contributed by atoms with van der Waals surface area (Å²) in [6, 6.07) is -1.35. The molecule has 17 N–H and O–H groups in total. The van der Waals surface area contributed by atoms with Gasteiger partial charge in [-0.1, -0.05) is 0 Å². The molecule has 0 heterocycles. The second-order valence-corrected chi connectivity index (χ2v) is 125. The van der Waals surface area contributed by atoms with Gasteiger partial charge in [0.2, 0.25) is 93.4 Å². The third kappa shape index (κ3) is 14.6. The lowest BCUT2D eigenvalue weighted by molar-refractivity contribution is -0.131. The fourth-order valence-corrected chi connectivity index (χ4v) is 319. The van der Waals surface area contributed by atoms with Crippen molar-refractivity contribution in [1.29, 1.82) is 0 Å². The second kappa shape index (κ2) is 28.3. The lowest BCUT2D eigenvalue weighted by atomic mass is 10.5. The Hall–Kier alpha value is 4.39. The summed E-state index contributed by atoms with van der Waals surface area (Å²) in [5.74, 6) is 0. The van der Waals surface area contributed by atoms with Crippen LogP contribution in [-0.2, 0) is 37.0 Å². The summed E-state index contributed by atoms with van der Waals surface area (Å²) in [6.07, 6.45) is -6.90. The van der Waals surface area contributed by atoms with Gasteiger partial charge in [0.25, 0.3) is 41.6 Å². The molecule has 30 radical (unpaired) electrons. The average Bonchev–Trinajstić information content (AvgIpc) is 3.22. The lowest BCUT2D eigenvalue weighted by Crippen LogP contribution is -3.09. The molecule has 0 saturated heterocycles. The molecule has 4 atom stereocenters. The summed E-state index contributed by atoms with van der Waals surface area (Å²) in [5, 5.41) is 0. The van der Waals surface area contributed by atoms with Crippen LogP contribution in [0.2, 0.25) is 45.3 Å². The third-order valence-electron chi connectivity index (χ3n) is 8.09. The predicted molar refractivity (Wildman–Crippen MR) is 248 cm³/mol. The summed E-state index contributed by atoms with van der Waals surface area (Å²) in [7, 11) is -60.6. The Morgan fingerprint density at radius 2 is 0.875 bits per heavy atom. The number of hydrogen-bond acceptors (Lipinski definition) is 26. The molecular formula is C9H39F3O26Si26. The predicted octanol–water partition coefficient (Wildman–Crippen LogP) is -14.6. The normalized spacial score (nSPS) is 18.1. The highest BCUT2D eigenvalue weighted by atomic mass is 30.4. The minimum atomic E-state index is -6.79. The first kappa shape index (κ1) is 68.4. The van der Waals surface area contributed by atoms with Gasteiger partial charge in [0.1, 0.15) is 0 Å². The summed E-state index contributed by atoms with van der Waals surface area (Å²) < 4.78 is 98.9. The second-order valence-electron chi connectivity index (χ2n) is 13.7. The van der Waals surface area contributed by atoms with Crippen molar-refractivity contribution >= 4 is 225 Å². The van der Waals surface area contributed by atoms with Crippen molar-refractivity contribution < 1.29 is 132 Å². The zero-order valence-electron chi connectivity index (χ0n) is 33.3. The maximum atomic E-state index is 14.0. The number of hydrogen-bond donors (Lipinski definition) is 17. The van der Waals surface area contributed by atoms with Crippen LogP contribution in [0.25, 0.3) is 0 Å². The molecule has 356 valence electrons. The van der Waals surface area contributed by atoms with Crippen molar-refractivity contribution in [1.82, 2.24) is 0 Å². The third-order valence-corrected chi connectivity index (χ3v) is 204. The van der Waals surface area contributed by atoms with Crippen LogP contribution in [0, 0.1) is 0 Å². The van der Waals surface area contributed by atoms with Gasteiger partial charge in [0.15, 0.2) is 8.32 Å². The molecule has 0 fully saturated rings. The van der Waals surface area contributed by atoms with Crippen molar-refractivity contribution in [3.8, 4) is 0 Å². The summed E-state index contributed by atoms with van der Waals surface area (Å²) in [6.45, 7) is -22.1. The van der Waals surface area contributed by atoms with Crippen LogP contribution in [0.4, 0.5) is 13.2 Å². The largest absolute Gasteiger partial charge is 0.437 e. The van der Waals surface area contributed by atoms with E-state index >= 15 is 0 Å². The first-order chi connectivity index (χ1) is 29.4. The number of alkyl halides is 3. The van der Waals surface area contributed by atoms with E-state index in [4.69, 9.17) is 37.0 Å². The quantitative estimate of drug-likeness (QED) is 0.0259. The highest BCUT2D eigenvalue weighted by Gasteiger charge is 2.95. The van der Waals surface area contributed by atoms with E-state index in [0.717, 1.165) is 6.55 Å². The van der Waals surface area contributed by atoms with Gasteiger partial charge in [-0.15, -0.1) is 0 Å². The van der Waals surface area contributed by atoms with Crippen molar-refractivity contribution in [2.45, 2.75) is 57.9 Å². The summed E-state index contributed by atoms with van der Waals surface area (Å²) in [4.78, 5) is 194. The van der Waals surface area contributed by atoms with E-state index in [1.807, 2.05) is 0 Å². The highest BCUT2D eigenvalue weighted by molar-refractivity contribution is 8.19. The maximum Gasteiger partial charge on any atom is 0.420 e. The van der Waals surface area contributed by atoms with Crippen LogP contribution < -0.4 is 0 Å². The Kier molecular flexibility index (Phi) is 30.3.